The number of halogens is 2. The van der Waals surface area contributed by atoms with Gasteiger partial charge in [-0.15, -0.1) is 0 Å². The molecule has 0 radical (unpaired) electrons. The van der Waals surface area contributed by atoms with Crippen LogP contribution in [0.1, 0.15) is 25.7 Å². The quantitative estimate of drug-likeness (QED) is 0.923. The fourth-order valence-corrected chi connectivity index (χ4v) is 2.71. The van der Waals surface area contributed by atoms with E-state index >= 15 is 0 Å². The molecular formula is C15H18F2N2O. The Morgan fingerprint density at radius 2 is 2.00 bits per heavy atom. The number of nitrogens with zero attached hydrogens (tertiary/aromatic N) is 1. The summed E-state index contributed by atoms with van der Waals surface area (Å²) in [5.74, 6) is -1.21. The molecule has 1 saturated carbocycles. The molecule has 1 amide bonds. The number of hydrogen-bond donors (Lipinski definition) is 1. The van der Waals surface area contributed by atoms with Crippen molar-refractivity contribution in [2.75, 3.05) is 18.4 Å². The SMILES string of the molecule is O=C(C1CC1)N1CCC[C@H](Nc2ccc(F)c(F)c2)C1. The van der Waals surface area contributed by atoms with Crippen LogP contribution >= 0.6 is 0 Å². The van der Waals surface area contributed by atoms with Crippen LogP contribution in [0, 0.1) is 17.6 Å². The largest absolute Gasteiger partial charge is 0.380 e. The van der Waals surface area contributed by atoms with E-state index in [4.69, 9.17) is 0 Å². The first-order valence-corrected chi connectivity index (χ1v) is 7.14. The Bertz CT molecular complexity index is 517. The Kier molecular flexibility index (Phi) is 3.59. The topological polar surface area (TPSA) is 32.3 Å². The molecule has 2 fully saturated rings. The number of carbonyl (C=O) groups is 1. The van der Waals surface area contributed by atoms with E-state index in [2.05, 4.69) is 5.32 Å². The van der Waals surface area contributed by atoms with E-state index in [-0.39, 0.29) is 17.9 Å². The van der Waals surface area contributed by atoms with Gasteiger partial charge in [0.1, 0.15) is 0 Å². The zero-order valence-corrected chi connectivity index (χ0v) is 11.2. The van der Waals surface area contributed by atoms with Gasteiger partial charge >= 0.3 is 0 Å². The van der Waals surface area contributed by atoms with E-state index in [9.17, 15) is 13.6 Å². The van der Waals surface area contributed by atoms with Crippen LogP contribution in [0.25, 0.3) is 0 Å². The van der Waals surface area contributed by atoms with Gasteiger partial charge in [0.2, 0.25) is 5.91 Å². The number of anilines is 1. The summed E-state index contributed by atoms with van der Waals surface area (Å²) in [6.45, 7) is 1.46. The second kappa shape index (κ2) is 5.38. The number of piperidine rings is 1. The van der Waals surface area contributed by atoms with E-state index in [0.29, 0.717) is 12.2 Å². The number of carbonyl (C=O) groups excluding carboxylic acids is 1. The molecule has 0 unspecified atom stereocenters. The molecule has 1 aliphatic heterocycles. The molecular weight excluding hydrogens is 262 g/mol. The van der Waals surface area contributed by atoms with Crippen molar-refractivity contribution in [2.24, 2.45) is 5.92 Å². The summed E-state index contributed by atoms with van der Waals surface area (Å²) in [6.07, 6.45) is 3.90. The number of nitrogens with one attached hydrogen (secondary N) is 1. The minimum atomic E-state index is -0.850. The summed E-state index contributed by atoms with van der Waals surface area (Å²) in [6, 6.07) is 3.92. The van der Waals surface area contributed by atoms with E-state index in [1.54, 1.807) is 0 Å². The van der Waals surface area contributed by atoms with Crippen molar-refractivity contribution in [3.05, 3.63) is 29.8 Å². The van der Waals surface area contributed by atoms with Gasteiger partial charge in [0.05, 0.1) is 0 Å². The predicted octanol–water partition coefficient (Wildman–Crippen LogP) is 2.78. The highest BCUT2D eigenvalue weighted by Crippen LogP contribution is 2.32. The second-order valence-corrected chi connectivity index (χ2v) is 5.67. The smallest absolute Gasteiger partial charge is 0.225 e. The molecule has 0 aromatic heterocycles. The maximum atomic E-state index is 13.2. The number of amides is 1. The molecule has 2 aliphatic rings. The number of hydrogen-bond acceptors (Lipinski definition) is 2. The molecule has 20 heavy (non-hydrogen) atoms. The highest BCUT2D eigenvalue weighted by molar-refractivity contribution is 5.81. The average Bonchev–Trinajstić information content (AvgIpc) is 3.27. The standard InChI is InChI=1S/C15H18F2N2O/c16-13-6-5-11(8-14(13)17)18-12-2-1-7-19(9-12)15(20)10-3-4-10/h5-6,8,10,12,18H,1-4,7,9H2/t12-/m0/s1. The molecule has 1 aliphatic carbocycles. The Labute approximate surface area is 117 Å². The highest BCUT2D eigenvalue weighted by atomic mass is 19.2. The molecule has 0 spiro atoms. The third kappa shape index (κ3) is 2.92. The molecule has 1 saturated heterocycles. The maximum absolute atomic E-state index is 13.2. The first kappa shape index (κ1) is 13.3. The lowest BCUT2D eigenvalue weighted by Gasteiger charge is -2.34. The summed E-state index contributed by atoms with van der Waals surface area (Å²) in [5, 5.41) is 3.19. The van der Waals surface area contributed by atoms with Crippen LogP contribution in [0.2, 0.25) is 0 Å². The van der Waals surface area contributed by atoms with Crippen molar-refractivity contribution in [3.8, 4) is 0 Å². The van der Waals surface area contributed by atoms with Crippen LogP contribution in [-0.4, -0.2) is 29.9 Å². The van der Waals surface area contributed by atoms with Crippen LogP contribution < -0.4 is 5.32 Å². The van der Waals surface area contributed by atoms with Gasteiger partial charge in [-0.1, -0.05) is 0 Å². The first-order chi connectivity index (χ1) is 9.63. The van der Waals surface area contributed by atoms with Crippen LogP contribution in [0.3, 0.4) is 0 Å². The minimum Gasteiger partial charge on any atom is -0.380 e. The van der Waals surface area contributed by atoms with Crippen molar-refractivity contribution in [1.29, 1.82) is 0 Å². The van der Waals surface area contributed by atoms with Crippen LogP contribution in [0.5, 0.6) is 0 Å². The maximum Gasteiger partial charge on any atom is 0.225 e. The van der Waals surface area contributed by atoms with Crippen LogP contribution in [0.15, 0.2) is 18.2 Å². The first-order valence-electron chi connectivity index (χ1n) is 7.14. The van der Waals surface area contributed by atoms with Crippen molar-refractivity contribution >= 4 is 11.6 Å². The molecule has 5 heteroatoms. The van der Waals surface area contributed by atoms with Gasteiger partial charge in [0.25, 0.3) is 0 Å². The molecule has 1 aromatic rings. The van der Waals surface area contributed by atoms with Crippen molar-refractivity contribution < 1.29 is 13.6 Å². The number of likely N-dealkylation sites (tertiary alicyclic amines) is 1. The molecule has 3 nitrogen and oxygen atoms in total. The van der Waals surface area contributed by atoms with Crippen LogP contribution in [0.4, 0.5) is 14.5 Å². The number of rotatable bonds is 3. The lowest BCUT2D eigenvalue weighted by atomic mass is 10.0. The molecule has 1 heterocycles. The lowest BCUT2D eigenvalue weighted by molar-refractivity contribution is -0.133. The van der Waals surface area contributed by atoms with Crippen molar-refractivity contribution in [3.63, 3.8) is 0 Å². The van der Waals surface area contributed by atoms with Crippen molar-refractivity contribution in [1.82, 2.24) is 4.90 Å². The summed E-state index contributed by atoms with van der Waals surface area (Å²) in [7, 11) is 0. The monoisotopic (exact) mass is 280 g/mol. The highest BCUT2D eigenvalue weighted by Gasteiger charge is 2.35. The minimum absolute atomic E-state index is 0.108. The van der Waals surface area contributed by atoms with Gasteiger partial charge in [-0.25, -0.2) is 8.78 Å². The molecule has 1 aromatic carbocycles. The lowest BCUT2D eigenvalue weighted by Crippen LogP contribution is -2.45. The average molecular weight is 280 g/mol. The van der Waals surface area contributed by atoms with Gasteiger partial charge in [0, 0.05) is 36.8 Å². The van der Waals surface area contributed by atoms with Gasteiger partial charge in [-0.3, -0.25) is 4.79 Å². The van der Waals surface area contributed by atoms with E-state index in [1.165, 1.54) is 6.07 Å². The van der Waals surface area contributed by atoms with Gasteiger partial charge < -0.3 is 10.2 Å². The van der Waals surface area contributed by atoms with Crippen LogP contribution in [-0.2, 0) is 4.79 Å². The number of benzene rings is 1. The zero-order valence-electron chi connectivity index (χ0n) is 11.2. The second-order valence-electron chi connectivity index (χ2n) is 5.67. The van der Waals surface area contributed by atoms with Crippen molar-refractivity contribution in [2.45, 2.75) is 31.7 Å². The van der Waals surface area contributed by atoms with E-state index in [0.717, 1.165) is 44.4 Å². The Morgan fingerprint density at radius 3 is 2.70 bits per heavy atom. The molecule has 0 bridgehead atoms. The predicted molar refractivity (Wildman–Crippen MR) is 72.3 cm³/mol. The molecule has 108 valence electrons. The normalized spacial score (nSPS) is 22.7. The molecule has 1 atom stereocenters. The Morgan fingerprint density at radius 1 is 1.20 bits per heavy atom. The summed E-state index contributed by atoms with van der Waals surface area (Å²) in [4.78, 5) is 13.9. The van der Waals surface area contributed by atoms with Gasteiger partial charge in [-0.05, 0) is 37.8 Å². The third-order valence-corrected chi connectivity index (χ3v) is 3.95. The van der Waals surface area contributed by atoms with Gasteiger partial charge in [-0.2, -0.15) is 0 Å². The molecule has 1 N–H and O–H groups in total. The summed E-state index contributed by atoms with van der Waals surface area (Å²) >= 11 is 0. The van der Waals surface area contributed by atoms with E-state index < -0.39 is 11.6 Å². The Balaban J connectivity index is 1.61. The molecule has 3 rings (SSSR count). The van der Waals surface area contributed by atoms with Gasteiger partial charge in [0.15, 0.2) is 11.6 Å². The summed E-state index contributed by atoms with van der Waals surface area (Å²) in [5.41, 5.74) is 0.564. The fourth-order valence-electron chi connectivity index (χ4n) is 2.71. The summed E-state index contributed by atoms with van der Waals surface area (Å²) < 4.78 is 26.1. The third-order valence-electron chi connectivity index (χ3n) is 3.95. The van der Waals surface area contributed by atoms with E-state index in [1.807, 2.05) is 4.90 Å². The fraction of sp³-hybridized carbons (Fsp3) is 0.533. The zero-order chi connectivity index (χ0) is 14.1. The Hall–Kier alpha value is -1.65.